The van der Waals surface area contributed by atoms with Crippen molar-refractivity contribution in [3.8, 4) is 0 Å². The van der Waals surface area contributed by atoms with Crippen LogP contribution in [0.5, 0.6) is 0 Å². The number of esters is 1. The SMILES string of the molecule is COC(=O)[C@H]1CC(C)(C)C[C@@H]1NC(=O)[C@H]1CC(C)(C)C[C@@H]1NC(=O)[C@H]1CC(C)(C)C[C@@H]1NC(=O)[C@H]1CC(C)(C)C[C@@H]1NC(=O)OC(C)(C)C. The van der Waals surface area contributed by atoms with Crippen molar-refractivity contribution < 1.29 is 33.4 Å². The van der Waals surface area contributed by atoms with E-state index >= 15 is 0 Å². The van der Waals surface area contributed by atoms with Crippen molar-refractivity contribution in [2.45, 2.75) is 157 Å². The molecule has 11 heteroatoms. The molecule has 4 amide bonds. The number of alkyl carbamates (subject to hydrolysis) is 1. The summed E-state index contributed by atoms with van der Waals surface area (Å²) in [6.07, 6.45) is 4.53. The maximum atomic E-state index is 14.1. The molecular weight excluding hydrogens is 624 g/mol. The average Bonchev–Trinajstić information content (AvgIpc) is 3.60. The third-order valence-corrected chi connectivity index (χ3v) is 11.3. The fourth-order valence-electron chi connectivity index (χ4n) is 9.39. The zero-order chi connectivity index (χ0) is 36.9. The number of hydrogen-bond acceptors (Lipinski definition) is 7. The lowest BCUT2D eigenvalue weighted by atomic mass is 9.90. The molecule has 8 atom stereocenters. The van der Waals surface area contributed by atoms with Crippen LogP contribution in [0.4, 0.5) is 4.79 Å². The summed E-state index contributed by atoms with van der Waals surface area (Å²) in [5.74, 6) is -2.52. The van der Waals surface area contributed by atoms with Gasteiger partial charge in [0, 0.05) is 24.2 Å². The molecule has 0 saturated heterocycles. The van der Waals surface area contributed by atoms with Gasteiger partial charge in [-0.25, -0.2) is 4.79 Å². The molecule has 0 aromatic rings. The van der Waals surface area contributed by atoms with Crippen LogP contribution in [-0.2, 0) is 28.7 Å². The first-order chi connectivity index (χ1) is 22.3. The molecule has 4 aliphatic carbocycles. The van der Waals surface area contributed by atoms with Crippen LogP contribution in [0.1, 0.15) is 128 Å². The van der Waals surface area contributed by atoms with E-state index < -0.39 is 35.4 Å². The minimum atomic E-state index is -0.654. The fourth-order valence-corrected chi connectivity index (χ4v) is 9.39. The van der Waals surface area contributed by atoms with Crippen molar-refractivity contribution >= 4 is 29.8 Å². The summed E-state index contributed by atoms with van der Waals surface area (Å²) >= 11 is 0. The van der Waals surface area contributed by atoms with Crippen LogP contribution in [0.25, 0.3) is 0 Å². The topological polar surface area (TPSA) is 152 Å². The predicted molar refractivity (Wildman–Crippen MR) is 187 cm³/mol. The van der Waals surface area contributed by atoms with Crippen LogP contribution < -0.4 is 21.3 Å². The summed E-state index contributed by atoms with van der Waals surface area (Å²) in [6.45, 7) is 22.3. The molecule has 0 unspecified atom stereocenters. The highest BCUT2D eigenvalue weighted by Gasteiger charge is 2.51. The van der Waals surface area contributed by atoms with E-state index in [1.54, 1.807) is 20.8 Å². The molecule has 0 aromatic heterocycles. The molecule has 4 aliphatic rings. The van der Waals surface area contributed by atoms with E-state index in [-0.39, 0.29) is 69.5 Å². The molecule has 0 radical (unpaired) electrons. The third kappa shape index (κ3) is 9.90. The van der Waals surface area contributed by atoms with Gasteiger partial charge in [-0.1, -0.05) is 55.4 Å². The average molecular weight is 689 g/mol. The molecule has 0 bridgehead atoms. The molecule has 4 rings (SSSR count). The predicted octanol–water partition coefficient (Wildman–Crippen LogP) is 5.25. The van der Waals surface area contributed by atoms with Crippen molar-refractivity contribution in [2.24, 2.45) is 45.3 Å². The Bertz CT molecular complexity index is 1300. The van der Waals surface area contributed by atoms with Crippen LogP contribution in [0.3, 0.4) is 0 Å². The Morgan fingerprint density at radius 2 is 0.776 bits per heavy atom. The van der Waals surface area contributed by atoms with Gasteiger partial charge in [0.05, 0.1) is 30.8 Å². The number of rotatable bonds is 8. The van der Waals surface area contributed by atoms with E-state index in [9.17, 15) is 24.0 Å². The number of carbonyl (C=O) groups is 5. The van der Waals surface area contributed by atoms with E-state index in [1.807, 2.05) is 0 Å². The van der Waals surface area contributed by atoms with E-state index in [1.165, 1.54) is 7.11 Å². The molecule has 4 fully saturated rings. The van der Waals surface area contributed by atoms with Gasteiger partial charge in [0.2, 0.25) is 17.7 Å². The van der Waals surface area contributed by atoms with Gasteiger partial charge in [-0.05, 0) is 93.8 Å². The Balaban J connectivity index is 1.45. The Kier molecular flexibility index (Phi) is 10.9. The van der Waals surface area contributed by atoms with Crippen LogP contribution >= 0.6 is 0 Å². The summed E-state index contributed by atoms with van der Waals surface area (Å²) in [7, 11) is 1.38. The van der Waals surface area contributed by atoms with Gasteiger partial charge >= 0.3 is 12.1 Å². The van der Waals surface area contributed by atoms with E-state index in [4.69, 9.17) is 9.47 Å². The van der Waals surface area contributed by atoms with Crippen LogP contribution in [-0.4, -0.2) is 66.7 Å². The van der Waals surface area contributed by atoms with Gasteiger partial charge in [-0.15, -0.1) is 0 Å². The van der Waals surface area contributed by atoms with Gasteiger partial charge in [-0.2, -0.15) is 0 Å². The summed E-state index contributed by atoms with van der Waals surface area (Å²) in [5.41, 5.74) is -1.24. The number of amides is 4. The lowest BCUT2D eigenvalue weighted by Crippen LogP contribution is -2.52. The van der Waals surface area contributed by atoms with Crippen LogP contribution in [0, 0.1) is 45.3 Å². The number of methoxy groups -OCH3 is 1. The van der Waals surface area contributed by atoms with Crippen molar-refractivity contribution in [3.05, 3.63) is 0 Å². The summed E-state index contributed by atoms with van der Waals surface area (Å²) in [5, 5.41) is 12.6. The molecule has 11 nitrogen and oxygen atoms in total. The maximum Gasteiger partial charge on any atom is 0.407 e. The second-order valence-corrected chi connectivity index (χ2v) is 19.8. The minimum Gasteiger partial charge on any atom is -0.469 e. The largest absolute Gasteiger partial charge is 0.469 e. The van der Waals surface area contributed by atoms with Crippen molar-refractivity contribution in [1.29, 1.82) is 0 Å². The first-order valence-corrected chi connectivity index (χ1v) is 18.3. The van der Waals surface area contributed by atoms with Crippen LogP contribution in [0.2, 0.25) is 0 Å². The third-order valence-electron chi connectivity index (χ3n) is 11.3. The van der Waals surface area contributed by atoms with Gasteiger partial charge in [0.15, 0.2) is 0 Å². The lowest BCUT2D eigenvalue weighted by Gasteiger charge is -2.28. The van der Waals surface area contributed by atoms with E-state index in [0.29, 0.717) is 51.4 Å². The first kappa shape index (κ1) is 38.9. The van der Waals surface area contributed by atoms with Gasteiger partial charge in [0.25, 0.3) is 0 Å². The smallest absolute Gasteiger partial charge is 0.407 e. The molecule has 4 saturated carbocycles. The summed E-state index contributed by atoms with van der Waals surface area (Å²) in [4.78, 5) is 67.1. The fraction of sp³-hybridized carbons (Fsp3) is 0.868. The van der Waals surface area contributed by atoms with Crippen LogP contribution in [0.15, 0.2) is 0 Å². The number of nitrogens with one attached hydrogen (secondary N) is 4. The van der Waals surface area contributed by atoms with Gasteiger partial charge < -0.3 is 30.7 Å². The zero-order valence-electron chi connectivity index (χ0n) is 32.1. The standard InChI is InChI=1S/C38H64N4O7/c1-34(2,3)49-33(47)42-27-19-37(8,9)15-23(27)31(45)40-25-17-35(4,5)13-21(25)29(43)39-26-18-36(6,7)14-22(26)30(44)41-28-20-38(10,11)16-24(28)32(46)48-12/h21-28H,13-20H2,1-12H3,(H,39,43)(H,40,45)(H,41,44)(H,42,47)/t21-,22-,23-,24-,25-,26-,27-,28-/m0/s1. The quantitative estimate of drug-likeness (QED) is 0.254. The summed E-state index contributed by atoms with van der Waals surface area (Å²) in [6, 6.07) is -1.45. The van der Waals surface area contributed by atoms with Crippen molar-refractivity contribution in [2.75, 3.05) is 7.11 Å². The normalized spacial score (nSPS) is 34.1. The Morgan fingerprint density at radius 1 is 0.490 bits per heavy atom. The lowest BCUT2D eigenvalue weighted by molar-refractivity contribution is -0.146. The number of hydrogen-bond donors (Lipinski definition) is 4. The maximum absolute atomic E-state index is 14.1. The number of ether oxygens (including phenoxy) is 2. The highest BCUT2D eigenvalue weighted by atomic mass is 16.6. The van der Waals surface area contributed by atoms with E-state index in [2.05, 4.69) is 76.7 Å². The second kappa shape index (κ2) is 13.7. The van der Waals surface area contributed by atoms with E-state index in [0.717, 1.165) is 0 Å². The molecule has 0 heterocycles. The van der Waals surface area contributed by atoms with Crippen molar-refractivity contribution in [1.82, 2.24) is 21.3 Å². The molecule has 278 valence electrons. The molecule has 0 aliphatic heterocycles. The Labute approximate surface area is 293 Å². The first-order valence-electron chi connectivity index (χ1n) is 18.3. The molecule has 0 aromatic carbocycles. The number of carbonyl (C=O) groups excluding carboxylic acids is 5. The summed E-state index contributed by atoms with van der Waals surface area (Å²) < 4.78 is 10.6. The highest BCUT2D eigenvalue weighted by molar-refractivity contribution is 5.86. The monoisotopic (exact) mass is 688 g/mol. The Morgan fingerprint density at radius 3 is 1.08 bits per heavy atom. The highest BCUT2D eigenvalue weighted by Crippen LogP contribution is 2.46. The molecular formula is C38H64N4O7. The molecule has 0 spiro atoms. The minimum absolute atomic E-state index is 0.103. The molecule has 4 N–H and O–H groups in total. The van der Waals surface area contributed by atoms with Crippen molar-refractivity contribution in [3.63, 3.8) is 0 Å². The second-order valence-electron chi connectivity index (χ2n) is 19.8. The zero-order valence-corrected chi connectivity index (χ0v) is 32.1. The van der Waals surface area contributed by atoms with Gasteiger partial charge in [0.1, 0.15) is 5.60 Å². The van der Waals surface area contributed by atoms with Gasteiger partial charge in [-0.3, -0.25) is 19.2 Å². The molecule has 49 heavy (non-hydrogen) atoms. The Hall–Kier alpha value is -2.85.